The van der Waals surface area contributed by atoms with Crippen molar-refractivity contribution in [1.82, 2.24) is 0 Å². The number of thiophene rings is 1. The van der Waals surface area contributed by atoms with Crippen LogP contribution in [0.3, 0.4) is 0 Å². The van der Waals surface area contributed by atoms with Crippen molar-refractivity contribution < 1.29 is 0 Å². The third kappa shape index (κ3) is 1.59. The third-order valence-electron chi connectivity index (χ3n) is 1.26. The molecule has 1 aromatic rings. The molecule has 3 heteroatoms. The maximum atomic E-state index is 8.39. The average molecular weight is 216 g/mol. The van der Waals surface area contributed by atoms with Crippen molar-refractivity contribution >= 4 is 27.3 Å². The number of aryl methyl sites for hydroxylation is 1. The first-order valence-electron chi connectivity index (χ1n) is 2.86. The second-order valence-corrected chi connectivity index (χ2v) is 4.60. The molecule has 0 saturated heterocycles. The number of hydrogen-bond donors (Lipinski definition) is 0. The zero-order valence-corrected chi connectivity index (χ0v) is 7.92. The predicted octanol–water partition coefficient (Wildman–Crippen LogP) is 2.89. The first kappa shape index (κ1) is 7.77. The molecule has 1 aromatic heterocycles. The van der Waals surface area contributed by atoms with Gasteiger partial charge in [0, 0.05) is 4.88 Å². The highest BCUT2D eigenvalue weighted by Gasteiger charge is 2.01. The number of hydrogen-bond acceptors (Lipinski definition) is 2. The van der Waals surface area contributed by atoms with Gasteiger partial charge >= 0.3 is 0 Å². The van der Waals surface area contributed by atoms with Gasteiger partial charge in [-0.2, -0.15) is 5.26 Å². The monoisotopic (exact) mass is 215 g/mol. The molecule has 0 bridgehead atoms. The molecule has 0 radical (unpaired) electrons. The maximum Gasteiger partial charge on any atom is 0.0704 e. The van der Waals surface area contributed by atoms with Crippen LogP contribution in [0.2, 0.25) is 0 Å². The van der Waals surface area contributed by atoms with Gasteiger partial charge in [-0.25, -0.2) is 0 Å². The van der Waals surface area contributed by atoms with Gasteiger partial charge in [0.15, 0.2) is 0 Å². The predicted molar refractivity (Wildman–Crippen MR) is 46.1 cm³/mol. The summed E-state index contributed by atoms with van der Waals surface area (Å²) in [7, 11) is 0. The minimum Gasteiger partial charge on any atom is -0.198 e. The van der Waals surface area contributed by atoms with Crippen molar-refractivity contribution in [3.63, 3.8) is 0 Å². The van der Waals surface area contributed by atoms with Gasteiger partial charge < -0.3 is 0 Å². The highest BCUT2D eigenvalue weighted by Crippen LogP contribution is 2.26. The lowest BCUT2D eigenvalue weighted by Gasteiger charge is -1.85. The summed E-state index contributed by atoms with van der Waals surface area (Å²) in [5, 5.41) is 8.39. The molecule has 0 fully saturated rings. The van der Waals surface area contributed by atoms with E-state index in [1.165, 1.54) is 4.88 Å². The van der Waals surface area contributed by atoms with E-state index in [0.717, 1.165) is 9.35 Å². The first-order valence-corrected chi connectivity index (χ1v) is 4.46. The zero-order chi connectivity index (χ0) is 7.56. The Kier molecular flexibility index (Phi) is 2.47. The largest absolute Gasteiger partial charge is 0.198 e. The Labute approximate surface area is 72.4 Å². The van der Waals surface area contributed by atoms with E-state index in [2.05, 4.69) is 22.0 Å². The van der Waals surface area contributed by atoms with Gasteiger partial charge in [-0.15, -0.1) is 11.3 Å². The minimum absolute atomic E-state index is 0.522. The summed E-state index contributed by atoms with van der Waals surface area (Å²) < 4.78 is 1.11. The molecule has 0 aliphatic carbocycles. The van der Waals surface area contributed by atoms with E-state index in [1.807, 2.05) is 13.0 Å². The Hall–Kier alpha value is -0.330. The SMILES string of the molecule is Cc1sc(Br)cc1CC#N. The Balaban J connectivity index is 2.94. The van der Waals surface area contributed by atoms with E-state index in [0.29, 0.717) is 6.42 Å². The van der Waals surface area contributed by atoms with E-state index >= 15 is 0 Å². The average Bonchev–Trinajstić information content (AvgIpc) is 2.13. The lowest BCUT2D eigenvalue weighted by molar-refractivity contribution is 1.25. The molecule has 0 aromatic carbocycles. The molecule has 1 nitrogen and oxygen atoms in total. The van der Waals surface area contributed by atoms with Crippen molar-refractivity contribution in [1.29, 1.82) is 5.26 Å². The van der Waals surface area contributed by atoms with Crippen LogP contribution in [-0.4, -0.2) is 0 Å². The van der Waals surface area contributed by atoms with Crippen LogP contribution in [0.5, 0.6) is 0 Å². The molecular weight excluding hydrogens is 210 g/mol. The van der Waals surface area contributed by atoms with Gasteiger partial charge in [-0.1, -0.05) is 0 Å². The van der Waals surface area contributed by atoms with E-state index in [-0.39, 0.29) is 0 Å². The second kappa shape index (κ2) is 3.18. The summed E-state index contributed by atoms with van der Waals surface area (Å²) >= 11 is 5.04. The topological polar surface area (TPSA) is 23.8 Å². The van der Waals surface area contributed by atoms with Gasteiger partial charge in [-0.3, -0.25) is 0 Å². The van der Waals surface area contributed by atoms with Crippen LogP contribution in [-0.2, 0) is 6.42 Å². The summed E-state index contributed by atoms with van der Waals surface area (Å²) in [6.07, 6.45) is 0.522. The van der Waals surface area contributed by atoms with Crippen LogP contribution >= 0.6 is 27.3 Å². The molecule has 0 spiro atoms. The zero-order valence-electron chi connectivity index (χ0n) is 5.52. The number of halogens is 1. The van der Waals surface area contributed by atoms with Crippen molar-refractivity contribution in [2.24, 2.45) is 0 Å². The first-order chi connectivity index (χ1) is 4.74. The molecule has 0 amide bonds. The van der Waals surface area contributed by atoms with Crippen LogP contribution in [0.15, 0.2) is 9.85 Å². The summed E-state index contributed by atoms with van der Waals surface area (Å²) in [6.45, 7) is 2.03. The smallest absolute Gasteiger partial charge is 0.0704 e. The molecule has 1 rings (SSSR count). The molecule has 0 aliphatic rings. The van der Waals surface area contributed by atoms with Gasteiger partial charge in [0.2, 0.25) is 0 Å². The molecule has 10 heavy (non-hydrogen) atoms. The summed E-state index contributed by atoms with van der Waals surface area (Å²) in [6, 6.07) is 4.13. The van der Waals surface area contributed by atoms with Crippen LogP contribution in [0.25, 0.3) is 0 Å². The Morgan fingerprint density at radius 1 is 1.80 bits per heavy atom. The van der Waals surface area contributed by atoms with Crippen LogP contribution < -0.4 is 0 Å². The van der Waals surface area contributed by atoms with Gasteiger partial charge in [0.05, 0.1) is 16.3 Å². The summed E-state index contributed by atoms with van der Waals surface area (Å²) in [4.78, 5) is 1.23. The van der Waals surface area contributed by atoms with Crippen LogP contribution in [0, 0.1) is 18.3 Å². The minimum atomic E-state index is 0.522. The molecular formula is C7H6BrNS. The molecule has 52 valence electrons. The van der Waals surface area contributed by atoms with E-state index in [1.54, 1.807) is 11.3 Å². The van der Waals surface area contributed by atoms with E-state index in [4.69, 9.17) is 5.26 Å². The summed E-state index contributed by atoms with van der Waals surface area (Å²) in [5.74, 6) is 0. The molecule has 0 unspecified atom stereocenters. The van der Waals surface area contributed by atoms with E-state index < -0.39 is 0 Å². The fourth-order valence-electron chi connectivity index (χ4n) is 0.741. The Morgan fingerprint density at radius 2 is 2.50 bits per heavy atom. The van der Waals surface area contributed by atoms with Gasteiger partial charge in [0.1, 0.15) is 0 Å². The maximum absolute atomic E-state index is 8.39. The quantitative estimate of drug-likeness (QED) is 0.708. The van der Waals surface area contributed by atoms with Crippen LogP contribution in [0.4, 0.5) is 0 Å². The Morgan fingerprint density at radius 3 is 2.90 bits per heavy atom. The van der Waals surface area contributed by atoms with Gasteiger partial charge in [0.25, 0.3) is 0 Å². The lowest BCUT2D eigenvalue weighted by atomic mass is 10.2. The fraction of sp³-hybridized carbons (Fsp3) is 0.286. The number of rotatable bonds is 1. The lowest BCUT2D eigenvalue weighted by Crippen LogP contribution is -1.77. The molecule has 0 aliphatic heterocycles. The normalized spacial score (nSPS) is 9.30. The standard InChI is InChI=1S/C7H6BrNS/c1-5-6(2-3-9)4-7(8)10-5/h4H,2H2,1H3. The summed E-state index contributed by atoms with van der Waals surface area (Å²) in [5.41, 5.74) is 1.14. The van der Waals surface area contributed by atoms with Crippen molar-refractivity contribution in [3.05, 3.63) is 20.3 Å². The number of nitrogens with zero attached hydrogens (tertiary/aromatic N) is 1. The molecule has 0 atom stereocenters. The molecule has 0 N–H and O–H groups in total. The van der Waals surface area contributed by atoms with Crippen LogP contribution in [0.1, 0.15) is 10.4 Å². The highest BCUT2D eigenvalue weighted by atomic mass is 79.9. The van der Waals surface area contributed by atoms with Crippen molar-refractivity contribution in [2.45, 2.75) is 13.3 Å². The Bertz CT molecular complexity index is 272. The fourth-order valence-corrected chi connectivity index (χ4v) is 2.50. The third-order valence-corrected chi connectivity index (χ3v) is 2.86. The van der Waals surface area contributed by atoms with Crippen molar-refractivity contribution in [2.75, 3.05) is 0 Å². The van der Waals surface area contributed by atoms with Crippen molar-refractivity contribution in [3.8, 4) is 6.07 Å². The highest BCUT2D eigenvalue weighted by molar-refractivity contribution is 9.11. The number of nitriles is 1. The second-order valence-electron chi connectivity index (χ2n) is 1.97. The molecule has 1 heterocycles. The van der Waals surface area contributed by atoms with Gasteiger partial charge in [-0.05, 0) is 34.5 Å². The molecule has 0 saturated carbocycles. The van der Waals surface area contributed by atoms with E-state index in [9.17, 15) is 0 Å².